The summed E-state index contributed by atoms with van der Waals surface area (Å²) in [5.41, 5.74) is 2.84. The Labute approximate surface area is 177 Å². The van der Waals surface area contributed by atoms with Gasteiger partial charge in [-0.2, -0.15) is 13.4 Å². The van der Waals surface area contributed by atoms with E-state index in [0.29, 0.717) is 12.4 Å². The summed E-state index contributed by atoms with van der Waals surface area (Å²) in [6.45, 7) is 4.05. The van der Waals surface area contributed by atoms with E-state index in [1.165, 1.54) is 0 Å². The quantitative estimate of drug-likeness (QED) is 0.653. The van der Waals surface area contributed by atoms with Crippen molar-refractivity contribution in [2.24, 2.45) is 0 Å². The smallest absolute Gasteiger partial charge is 0.307 e. The van der Waals surface area contributed by atoms with Crippen molar-refractivity contribution >= 4 is 21.5 Å². The van der Waals surface area contributed by atoms with Gasteiger partial charge in [0.1, 0.15) is 12.9 Å². The topological polar surface area (TPSA) is 64.0 Å². The van der Waals surface area contributed by atoms with Crippen LogP contribution in [-0.4, -0.2) is 43.4 Å². The van der Waals surface area contributed by atoms with E-state index in [1.54, 1.807) is 13.3 Å². The standard InChI is InChI=1S/C23H27N4O2S/c1-2-30(28,29)27(22-16-26(18-25-22)19-8-4-3-5-9-19)17-23(12-14-24-15-13-23)20-10-6-7-11-21(20)27/h3-11,16,18,24H,2,12-15,17H2,1H3/q+1. The second kappa shape index (κ2) is 7.04. The van der Waals surface area contributed by atoms with Gasteiger partial charge in [-0.05, 0) is 45.0 Å². The zero-order valence-corrected chi connectivity index (χ0v) is 18.0. The van der Waals surface area contributed by atoms with Crippen LogP contribution in [0.25, 0.3) is 5.69 Å². The maximum absolute atomic E-state index is 13.8. The molecule has 0 amide bonds. The largest absolute Gasteiger partial charge is 0.317 e. The molecule has 156 valence electrons. The van der Waals surface area contributed by atoms with Crippen molar-refractivity contribution in [3.05, 3.63) is 72.7 Å². The molecule has 0 bridgehead atoms. The average molecular weight is 424 g/mol. The second-order valence-corrected chi connectivity index (χ2v) is 10.7. The highest BCUT2D eigenvalue weighted by Crippen LogP contribution is 2.55. The molecular weight excluding hydrogens is 396 g/mol. The highest BCUT2D eigenvalue weighted by molar-refractivity contribution is 7.91. The molecular formula is C23H27N4O2S+. The number of aromatic nitrogens is 2. The normalized spacial score (nSPS) is 22.8. The fourth-order valence-electron chi connectivity index (χ4n) is 5.22. The zero-order chi connectivity index (χ0) is 20.8. The molecule has 5 rings (SSSR count). The van der Waals surface area contributed by atoms with Gasteiger partial charge in [0.05, 0.1) is 17.4 Å². The molecule has 1 aromatic heterocycles. The predicted octanol–water partition coefficient (Wildman–Crippen LogP) is 3.50. The van der Waals surface area contributed by atoms with E-state index >= 15 is 0 Å². The van der Waals surface area contributed by atoms with Gasteiger partial charge in [-0.3, -0.25) is 0 Å². The van der Waals surface area contributed by atoms with Crippen LogP contribution in [0.2, 0.25) is 0 Å². The molecule has 1 saturated heterocycles. The number of piperidine rings is 1. The molecule has 2 aliphatic rings. The molecule has 1 atom stereocenters. The van der Waals surface area contributed by atoms with E-state index in [1.807, 2.05) is 59.3 Å². The summed E-state index contributed by atoms with van der Waals surface area (Å²) in [5.74, 6) is 0.636. The SMILES string of the molecule is CCS(=O)(=O)[N+]1(c2cn(-c3ccccc3)cn2)CC2(CCNCC2)c2ccccc21. The Hall–Kier alpha value is -2.48. The van der Waals surface area contributed by atoms with E-state index in [2.05, 4.69) is 16.4 Å². The lowest BCUT2D eigenvalue weighted by molar-refractivity contribution is 0.295. The number of hydrogen-bond acceptors (Lipinski definition) is 4. The van der Waals surface area contributed by atoms with Crippen molar-refractivity contribution < 1.29 is 8.42 Å². The van der Waals surface area contributed by atoms with Crippen molar-refractivity contribution in [3.63, 3.8) is 0 Å². The summed E-state index contributed by atoms with van der Waals surface area (Å²) in [5, 5.41) is 3.44. The number of rotatable bonds is 4. The van der Waals surface area contributed by atoms with E-state index in [9.17, 15) is 8.42 Å². The predicted molar refractivity (Wildman–Crippen MR) is 120 cm³/mol. The summed E-state index contributed by atoms with van der Waals surface area (Å²) in [4.78, 5) is 4.68. The first kappa shape index (κ1) is 19.5. The second-order valence-electron chi connectivity index (χ2n) is 8.29. The van der Waals surface area contributed by atoms with Gasteiger partial charge >= 0.3 is 10.0 Å². The number of fused-ring (bicyclic) bond motifs is 2. The number of hydrogen-bond donors (Lipinski definition) is 1. The number of nitrogens with one attached hydrogen (secondary N) is 1. The molecule has 6 nitrogen and oxygen atoms in total. The monoisotopic (exact) mass is 423 g/mol. The van der Waals surface area contributed by atoms with Gasteiger partial charge in [-0.15, -0.1) is 3.89 Å². The minimum absolute atomic E-state index is 0.0634. The first-order valence-electron chi connectivity index (χ1n) is 10.5. The lowest BCUT2D eigenvalue weighted by Gasteiger charge is -2.36. The molecule has 30 heavy (non-hydrogen) atoms. The van der Waals surface area contributed by atoms with Crippen molar-refractivity contribution in [1.82, 2.24) is 18.8 Å². The number of sulfonamides is 1. The maximum Gasteiger partial charge on any atom is 0.307 e. The first-order valence-corrected chi connectivity index (χ1v) is 12.2. The summed E-state index contributed by atoms with van der Waals surface area (Å²) < 4.78 is 29.2. The zero-order valence-electron chi connectivity index (χ0n) is 17.2. The molecule has 0 saturated carbocycles. The number of nitrogens with zero attached hydrogens (tertiary/aromatic N) is 3. The summed E-state index contributed by atoms with van der Waals surface area (Å²) in [6, 6.07) is 18.0. The molecule has 1 N–H and O–H groups in total. The lowest BCUT2D eigenvalue weighted by Crippen LogP contribution is -2.54. The number of quaternary nitrogens is 1. The maximum atomic E-state index is 13.8. The third-order valence-corrected chi connectivity index (χ3v) is 8.98. The van der Waals surface area contributed by atoms with Crippen LogP contribution in [0.15, 0.2) is 67.1 Å². The van der Waals surface area contributed by atoms with Crippen molar-refractivity contribution in [3.8, 4) is 5.69 Å². The fourth-order valence-corrected chi connectivity index (χ4v) is 6.94. The summed E-state index contributed by atoms with van der Waals surface area (Å²) in [7, 11) is -3.53. The Kier molecular flexibility index (Phi) is 4.57. The molecule has 3 aromatic rings. The van der Waals surface area contributed by atoms with Crippen LogP contribution in [-0.2, 0) is 15.4 Å². The van der Waals surface area contributed by atoms with Crippen LogP contribution in [0, 0.1) is 0 Å². The van der Waals surface area contributed by atoms with Gasteiger partial charge < -0.3 is 9.88 Å². The van der Waals surface area contributed by atoms with Gasteiger partial charge in [-0.1, -0.05) is 36.4 Å². The van der Waals surface area contributed by atoms with E-state index in [4.69, 9.17) is 0 Å². The highest BCUT2D eigenvalue weighted by atomic mass is 32.2. The van der Waals surface area contributed by atoms with Gasteiger partial charge in [-0.25, -0.2) is 0 Å². The minimum Gasteiger partial charge on any atom is -0.317 e. The number of benzene rings is 2. The van der Waals surface area contributed by atoms with Crippen LogP contribution < -0.4 is 9.21 Å². The molecule has 0 aliphatic carbocycles. The van der Waals surface area contributed by atoms with Crippen LogP contribution in [0.5, 0.6) is 0 Å². The van der Waals surface area contributed by atoms with Crippen molar-refractivity contribution in [2.45, 2.75) is 25.2 Å². The Bertz CT molecular complexity index is 1170. The van der Waals surface area contributed by atoms with Crippen LogP contribution in [0.3, 0.4) is 0 Å². The van der Waals surface area contributed by atoms with E-state index in [0.717, 1.165) is 42.9 Å². The van der Waals surface area contributed by atoms with E-state index in [-0.39, 0.29) is 15.1 Å². The Morgan fingerprint density at radius 1 is 1.07 bits per heavy atom. The third kappa shape index (κ3) is 2.69. The van der Waals surface area contributed by atoms with Gasteiger partial charge in [0, 0.05) is 17.3 Å². The molecule has 1 spiro atoms. The van der Waals surface area contributed by atoms with Gasteiger partial charge in [0.15, 0.2) is 5.69 Å². The Morgan fingerprint density at radius 2 is 1.77 bits per heavy atom. The molecule has 0 radical (unpaired) electrons. The molecule has 1 fully saturated rings. The van der Waals surface area contributed by atoms with Crippen molar-refractivity contribution in [1.29, 1.82) is 0 Å². The summed E-state index contributed by atoms with van der Waals surface area (Å²) in [6.07, 6.45) is 5.48. The first-order chi connectivity index (χ1) is 14.5. The van der Waals surface area contributed by atoms with Crippen molar-refractivity contribution in [2.75, 3.05) is 25.4 Å². The molecule has 7 heteroatoms. The van der Waals surface area contributed by atoms with Crippen LogP contribution in [0.1, 0.15) is 25.3 Å². The highest BCUT2D eigenvalue weighted by Gasteiger charge is 2.61. The van der Waals surface area contributed by atoms with Gasteiger partial charge in [0.25, 0.3) is 5.82 Å². The molecule has 2 aliphatic heterocycles. The molecule has 3 heterocycles. The Balaban J connectivity index is 1.74. The third-order valence-electron chi connectivity index (χ3n) is 6.78. The number of imidazole rings is 1. The number of para-hydroxylation sites is 2. The van der Waals surface area contributed by atoms with Crippen LogP contribution >= 0.6 is 0 Å². The minimum atomic E-state index is -3.53. The summed E-state index contributed by atoms with van der Waals surface area (Å²) >= 11 is 0. The Morgan fingerprint density at radius 3 is 2.50 bits per heavy atom. The molecule has 1 unspecified atom stereocenters. The lowest BCUT2D eigenvalue weighted by atomic mass is 9.75. The average Bonchev–Trinajstić information content (AvgIpc) is 3.39. The van der Waals surface area contributed by atoms with Crippen LogP contribution in [0.4, 0.5) is 11.5 Å². The van der Waals surface area contributed by atoms with E-state index < -0.39 is 10.0 Å². The van der Waals surface area contributed by atoms with Gasteiger partial charge in [0.2, 0.25) is 0 Å². The fraction of sp³-hybridized carbons (Fsp3) is 0.348. The molecule has 2 aromatic carbocycles.